The van der Waals surface area contributed by atoms with Gasteiger partial charge in [0.05, 0.1) is 0 Å². The smallest absolute Gasteiger partial charge is 0.872 e. The molecule has 1 N–H and O–H groups in total. The van der Waals surface area contributed by atoms with Gasteiger partial charge in [0.15, 0.2) is 0 Å². The van der Waals surface area contributed by atoms with Crippen LogP contribution in [0.2, 0.25) is 0 Å². The van der Waals surface area contributed by atoms with Gasteiger partial charge in [0.25, 0.3) is 10.1 Å². The molecule has 0 heterocycles. The molecule has 7 heteroatoms. The molecule has 5 nitrogen and oxygen atoms in total. The van der Waals surface area contributed by atoms with Crippen LogP contribution in [-0.4, -0.2) is 13.0 Å². The fourth-order valence-electron chi connectivity index (χ4n) is 3.88. The average molecular weight is 501 g/mol. The van der Waals surface area contributed by atoms with Gasteiger partial charge in [-0.3, -0.25) is 4.55 Å². The van der Waals surface area contributed by atoms with E-state index in [0.29, 0.717) is 17.7 Å². The van der Waals surface area contributed by atoms with E-state index in [2.05, 4.69) is 6.92 Å². The monoisotopic (exact) mass is 500 g/mol. The third kappa shape index (κ3) is 12.7. The van der Waals surface area contributed by atoms with E-state index in [1.165, 1.54) is 76.0 Å². The van der Waals surface area contributed by atoms with Crippen molar-refractivity contribution < 1.29 is 74.2 Å². The average Bonchev–Trinajstić information content (AvgIpc) is 2.74. The summed E-state index contributed by atoms with van der Waals surface area (Å²) in [7, 11) is -4.36. The van der Waals surface area contributed by atoms with Gasteiger partial charge < -0.3 is 9.84 Å². The molecule has 0 fully saturated rings. The van der Waals surface area contributed by atoms with Gasteiger partial charge in [0.2, 0.25) is 0 Å². The molecule has 0 amide bonds. The molecule has 178 valence electrons. The number of unbranched alkanes of at least 4 members (excludes halogenated alkanes) is 11. The Morgan fingerprint density at radius 1 is 0.788 bits per heavy atom. The summed E-state index contributed by atoms with van der Waals surface area (Å²) in [6, 6.07) is 10.6. The van der Waals surface area contributed by atoms with E-state index in [4.69, 9.17) is 4.74 Å². The van der Waals surface area contributed by atoms with Crippen molar-refractivity contribution in [2.24, 2.45) is 0 Å². The summed E-state index contributed by atoms with van der Waals surface area (Å²) in [5.74, 6) is 0.398. The SMILES string of the molecule is CCCCCCCCCCCCCCc1ccc(Oc2cccc([O-])c2)cc1S(=O)(=O)O.[K+]. The van der Waals surface area contributed by atoms with Gasteiger partial charge in [0, 0.05) is 6.07 Å². The van der Waals surface area contributed by atoms with Crippen LogP contribution in [0.15, 0.2) is 47.4 Å². The summed E-state index contributed by atoms with van der Waals surface area (Å²) in [4.78, 5) is -0.128. The van der Waals surface area contributed by atoms with Crippen molar-refractivity contribution >= 4 is 10.1 Å². The second-order valence-corrected chi connectivity index (χ2v) is 9.85. The molecule has 33 heavy (non-hydrogen) atoms. The largest absolute Gasteiger partial charge is 1.00 e. The maximum absolute atomic E-state index is 11.9. The second-order valence-electron chi connectivity index (χ2n) is 8.46. The first kappa shape index (κ1) is 30.6. The van der Waals surface area contributed by atoms with Crippen molar-refractivity contribution in [1.82, 2.24) is 0 Å². The van der Waals surface area contributed by atoms with Crippen LogP contribution in [0.1, 0.15) is 89.5 Å². The molecule has 0 aliphatic rings. The molecule has 0 saturated carbocycles. The van der Waals surface area contributed by atoms with E-state index in [1.54, 1.807) is 24.3 Å². The molecular weight excluding hydrogens is 463 g/mol. The molecule has 2 aromatic rings. The predicted octanol–water partition coefficient (Wildman–Crippen LogP) is 4.05. The summed E-state index contributed by atoms with van der Waals surface area (Å²) in [6.45, 7) is 2.24. The standard InChI is InChI=1S/C26H38O5S.K/c1-2-3-4-5-6-7-8-9-10-11-12-13-15-22-18-19-25(21-26(22)32(28,29)30)31-24-17-14-16-23(27)20-24;/h14,16-21,27H,2-13,15H2,1H3,(H,28,29,30);/q;+1/p-1. The number of aryl methyl sites for hydroxylation is 1. The molecule has 0 unspecified atom stereocenters. The van der Waals surface area contributed by atoms with Gasteiger partial charge in [0.1, 0.15) is 16.4 Å². The number of ether oxygens (including phenoxy) is 1. The number of benzene rings is 2. The van der Waals surface area contributed by atoms with Crippen LogP contribution in [0.3, 0.4) is 0 Å². The number of hydrogen-bond acceptors (Lipinski definition) is 4. The molecule has 0 saturated heterocycles. The number of hydrogen-bond donors (Lipinski definition) is 1. The molecule has 0 atom stereocenters. The zero-order valence-electron chi connectivity index (χ0n) is 20.2. The quantitative estimate of drug-likeness (QED) is 0.213. The molecule has 0 aliphatic heterocycles. The van der Waals surface area contributed by atoms with Gasteiger partial charge in [-0.05, 0) is 36.6 Å². The predicted molar refractivity (Wildman–Crippen MR) is 127 cm³/mol. The fourth-order valence-corrected chi connectivity index (χ4v) is 4.64. The summed E-state index contributed by atoms with van der Waals surface area (Å²) < 4.78 is 39.0. The van der Waals surface area contributed by atoms with E-state index in [9.17, 15) is 18.1 Å². The van der Waals surface area contributed by atoms with Crippen molar-refractivity contribution in [2.45, 2.75) is 95.3 Å². The van der Waals surface area contributed by atoms with E-state index in [-0.39, 0.29) is 67.8 Å². The van der Waals surface area contributed by atoms with Crippen LogP contribution in [0.25, 0.3) is 0 Å². The topological polar surface area (TPSA) is 86.7 Å². The van der Waals surface area contributed by atoms with Gasteiger partial charge in [-0.15, -0.1) is 5.75 Å². The third-order valence-electron chi connectivity index (χ3n) is 5.66. The first-order valence-corrected chi connectivity index (χ1v) is 13.4. The van der Waals surface area contributed by atoms with E-state index in [1.807, 2.05) is 0 Å². The van der Waals surface area contributed by atoms with Crippen molar-refractivity contribution in [3.05, 3.63) is 48.0 Å². The maximum Gasteiger partial charge on any atom is 1.00 e. The Morgan fingerprint density at radius 2 is 1.33 bits per heavy atom. The van der Waals surface area contributed by atoms with E-state index < -0.39 is 10.1 Å². The van der Waals surface area contributed by atoms with Crippen LogP contribution in [0, 0.1) is 0 Å². The fraction of sp³-hybridized carbons (Fsp3) is 0.538. The van der Waals surface area contributed by atoms with Gasteiger partial charge in [-0.25, -0.2) is 0 Å². The Bertz CT molecular complexity index is 915. The molecule has 0 radical (unpaired) electrons. The molecule has 2 aromatic carbocycles. The molecule has 2 rings (SSSR count). The zero-order valence-corrected chi connectivity index (χ0v) is 24.2. The van der Waals surface area contributed by atoms with Crippen LogP contribution in [0.4, 0.5) is 0 Å². The van der Waals surface area contributed by atoms with Crippen molar-refractivity contribution in [1.29, 1.82) is 0 Å². The van der Waals surface area contributed by atoms with Crippen molar-refractivity contribution in [3.8, 4) is 17.2 Å². The first-order valence-electron chi connectivity index (χ1n) is 12.0. The van der Waals surface area contributed by atoms with E-state index in [0.717, 1.165) is 19.3 Å². The van der Waals surface area contributed by atoms with Crippen LogP contribution < -0.4 is 61.2 Å². The Hall–Kier alpha value is -0.414. The molecule has 0 bridgehead atoms. The molecule has 0 spiro atoms. The Morgan fingerprint density at radius 3 is 1.88 bits per heavy atom. The summed E-state index contributed by atoms with van der Waals surface area (Å²) in [5, 5.41) is 11.4. The van der Waals surface area contributed by atoms with Crippen LogP contribution in [0.5, 0.6) is 17.2 Å². The molecular formula is C26H37KO5S. The van der Waals surface area contributed by atoms with Gasteiger partial charge in [-0.1, -0.05) is 95.8 Å². The summed E-state index contributed by atoms with van der Waals surface area (Å²) in [5.41, 5.74) is 0.588. The van der Waals surface area contributed by atoms with Crippen molar-refractivity contribution in [2.75, 3.05) is 0 Å². The first-order chi connectivity index (χ1) is 15.4. The Kier molecular flexibility index (Phi) is 15.9. The minimum atomic E-state index is -4.36. The molecule has 0 aliphatic carbocycles. The number of rotatable bonds is 16. The third-order valence-corrected chi connectivity index (χ3v) is 6.59. The van der Waals surface area contributed by atoms with Crippen LogP contribution >= 0.6 is 0 Å². The Balaban J connectivity index is 0.00000544. The summed E-state index contributed by atoms with van der Waals surface area (Å²) in [6.07, 6.45) is 15.5. The summed E-state index contributed by atoms with van der Waals surface area (Å²) >= 11 is 0. The Labute approximate surface area is 242 Å². The van der Waals surface area contributed by atoms with Crippen molar-refractivity contribution in [3.63, 3.8) is 0 Å². The van der Waals surface area contributed by atoms with E-state index >= 15 is 0 Å². The van der Waals surface area contributed by atoms with Gasteiger partial charge in [-0.2, -0.15) is 8.42 Å². The van der Waals surface area contributed by atoms with Crippen LogP contribution in [-0.2, 0) is 16.5 Å². The maximum atomic E-state index is 11.9. The van der Waals surface area contributed by atoms with Gasteiger partial charge >= 0.3 is 51.4 Å². The zero-order chi connectivity index (χ0) is 23.2. The molecule has 0 aromatic heterocycles. The second kappa shape index (κ2) is 17.1. The minimum absolute atomic E-state index is 0. The normalized spacial score (nSPS) is 11.2. The minimum Gasteiger partial charge on any atom is -0.872 e.